The van der Waals surface area contributed by atoms with E-state index in [0.29, 0.717) is 11.0 Å². The van der Waals surface area contributed by atoms with Crippen LogP contribution in [-0.4, -0.2) is 104 Å². The SMILES string of the molecule is COC(COCCOC(=O)C(C)(C)CC(C)(C)C(=O)OCCOP(=O)([O-])OCC[N+](C)(C)C)OC. The van der Waals surface area contributed by atoms with Gasteiger partial charge in [-0.1, -0.05) is 0 Å². The van der Waals surface area contributed by atoms with Crippen molar-refractivity contribution in [3.05, 3.63) is 0 Å². The number of quaternary nitrogens is 1. The largest absolute Gasteiger partial charge is 0.756 e. The van der Waals surface area contributed by atoms with Gasteiger partial charge in [-0.05, 0) is 34.1 Å². The van der Waals surface area contributed by atoms with E-state index in [2.05, 4.69) is 0 Å². The van der Waals surface area contributed by atoms with Crippen LogP contribution >= 0.6 is 7.82 Å². The van der Waals surface area contributed by atoms with E-state index < -0.39 is 36.9 Å². The Hall–Kier alpha value is -1.11. The molecule has 0 aromatic rings. The van der Waals surface area contributed by atoms with Gasteiger partial charge in [0.2, 0.25) is 0 Å². The maximum Gasteiger partial charge on any atom is 0.311 e. The van der Waals surface area contributed by atoms with Crippen molar-refractivity contribution in [1.82, 2.24) is 0 Å². The monoisotopic (exact) mass is 529 g/mol. The third-order valence-corrected chi connectivity index (χ3v) is 5.80. The minimum Gasteiger partial charge on any atom is -0.756 e. The molecule has 0 aliphatic rings. The van der Waals surface area contributed by atoms with Gasteiger partial charge >= 0.3 is 11.9 Å². The van der Waals surface area contributed by atoms with Gasteiger partial charge in [0.25, 0.3) is 7.82 Å². The molecule has 35 heavy (non-hydrogen) atoms. The highest BCUT2D eigenvalue weighted by Crippen LogP contribution is 2.38. The molecule has 0 fully saturated rings. The molecule has 0 radical (unpaired) electrons. The van der Waals surface area contributed by atoms with Gasteiger partial charge in [0.05, 0.1) is 51.8 Å². The number of likely N-dealkylation sites (N-methyl/N-ethyl adjacent to an activating group) is 1. The molecular formula is C22H44NO11P. The lowest BCUT2D eigenvalue weighted by atomic mass is 9.75. The van der Waals surface area contributed by atoms with Crippen molar-refractivity contribution in [2.75, 3.05) is 81.5 Å². The summed E-state index contributed by atoms with van der Waals surface area (Å²) in [5.41, 5.74) is -2.02. The number of carbonyl (C=O) groups is 2. The summed E-state index contributed by atoms with van der Waals surface area (Å²) in [5.74, 6) is -1.08. The molecule has 0 amide bonds. The van der Waals surface area contributed by atoms with Crippen LogP contribution in [0.25, 0.3) is 0 Å². The number of carbonyl (C=O) groups excluding carboxylic acids is 2. The average molecular weight is 530 g/mol. The second kappa shape index (κ2) is 15.2. The Balaban J connectivity index is 4.43. The maximum absolute atomic E-state index is 12.5. The fourth-order valence-electron chi connectivity index (χ4n) is 2.99. The van der Waals surface area contributed by atoms with Gasteiger partial charge in [0, 0.05) is 14.2 Å². The molecular weight excluding hydrogens is 485 g/mol. The number of hydrogen-bond donors (Lipinski definition) is 0. The number of methoxy groups -OCH3 is 2. The van der Waals surface area contributed by atoms with Crippen molar-refractivity contribution in [3.8, 4) is 0 Å². The Morgan fingerprint density at radius 1 is 0.829 bits per heavy atom. The third kappa shape index (κ3) is 15.6. The molecule has 208 valence electrons. The molecule has 1 unspecified atom stereocenters. The Kier molecular flexibility index (Phi) is 14.7. The first-order chi connectivity index (χ1) is 16.0. The highest BCUT2D eigenvalue weighted by molar-refractivity contribution is 7.45. The van der Waals surface area contributed by atoms with Gasteiger partial charge in [-0.2, -0.15) is 0 Å². The Labute approximate surface area is 209 Å². The zero-order valence-electron chi connectivity index (χ0n) is 22.6. The molecule has 12 nitrogen and oxygen atoms in total. The van der Waals surface area contributed by atoms with Crippen LogP contribution in [0.5, 0.6) is 0 Å². The molecule has 13 heteroatoms. The number of nitrogens with zero attached hydrogens (tertiary/aromatic N) is 1. The molecule has 0 saturated heterocycles. The van der Waals surface area contributed by atoms with E-state index in [1.807, 2.05) is 21.1 Å². The van der Waals surface area contributed by atoms with Gasteiger partial charge in [-0.15, -0.1) is 0 Å². The minimum atomic E-state index is -4.49. The van der Waals surface area contributed by atoms with E-state index in [9.17, 15) is 19.0 Å². The van der Waals surface area contributed by atoms with Crippen molar-refractivity contribution < 1.29 is 56.3 Å². The van der Waals surface area contributed by atoms with Crippen molar-refractivity contribution in [2.24, 2.45) is 10.8 Å². The number of rotatable bonds is 19. The summed E-state index contributed by atoms with van der Waals surface area (Å²) in [6, 6.07) is 0. The van der Waals surface area contributed by atoms with Crippen LogP contribution in [0.2, 0.25) is 0 Å². The minimum absolute atomic E-state index is 0.0186. The van der Waals surface area contributed by atoms with E-state index in [1.54, 1.807) is 27.7 Å². The number of ether oxygens (including phenoxy) is 5. The summed E-state index contributed by atoms with van der Waals surface area (Å²) in [5, 5.41) is 0. The second-order valence-corrected chi connectivity index (χ2v) is 11.7. The van der Waals surface area contributed by atoms with Crippen LogP contribution in [0.1, 0.15) is 34.1 Å². The first-order valence-electron chi connectivity index (χ1n) is 11.3. The molecule has 0 heterocycles. The molecule has 0 aliphatic heterocycles. The summed E-state index contributed by atoms with van der Waals surface area (Å²) in [7, 11) is 4.20. The molecule has 0 saturated carbocycles. The molecule has 0 spiro atoms. The molecule has 0 aromatic heterocycles. The lowest BCUT2D eigenvalue weighted by Gasteiger charge is -2.31. The highest BCUT2D eigenvalue weighted by Gasteiger charge is 2.41. The predicted molar refractivity (Wildman–Crippen MR) is 125 cm³/mol. The van der Waals surface area contributed by atoms with Crippen molar-refractivity contribution in [2.45, 2.75) is 40.4 Å². The number of esters is 2. The van der Waals surface area contributed by atoms with Crippen LogP contribution in [-0.2, 0) is 46.9 Å². The lowest BCUT2D eigenvalue weighted by molar-refractivity contribution is -0.870. The van der Waals surface area contributed by atoms with Crippen LogP contribution in [0, 0.1) is 10.8 Å². The van der Waals surface area contributed by atoms with Crippen LogP contribution in [0.3, 0.4) is 0 Å². The Morgan fingerprint density at radius 3 is 1.74 bits per heavy atom. The summed E-state index contributed by atoms with van der Waals surface area (Å²) >= 11 is 0. The average Bonchev–Trinajstić information content (AvgIpc) is 2.71. The normalized spacial score (nSPS) is 14.6. The highest BCUT2D eigenvalue weighted by atomic mass is 31.2. The third-order valence-electron chi connectivity index (χ3n) is 4.81. The quantitative estimate of drug-likeness (QED) is 0.0788. The van der Waals surface area contributed by atoms with Gasteiger partial charge in [0.1, 0.15) is 26.4 Å². The van der Waals surface area contributed by atoms with E-state index in [-0.39, 0.29) is 46.1 Å². The number of phosphoric acid groups is 1. The molecule has 0 rings (SSSR count). The van der Waals surface area contributed by atoms with Crippen molar-refractivity contribution in [1.29, 1.82) is 0 Å². The van der Waals surface area contributed by atoms with Crippen LogP contribution in [0.4, 0.5) is 0 Å². The lowest BCUT2D eigenvalue weighted by Crippen LogP contribution is -2.38. The molecule has 1 atom stereocenters. The summed E-state index contributed by atoms with van der Waals surface area (Å²) in [6.07, 6.45) is -0.358. The smallest absolute Gasteiger partial charge is 0.311 e. The van der Waals surface area contributed by atoms with Gasteiger partial charge < -0.3 is 42.1 Å². The van der Waals surface area contributed by atoms with Crippen molar-refractivity contribution in [3.63, 3.8) is 0 Å². The van der Waals surface area contributed by atoms with Gasteiger partial charge in [-0.3, -0.25) is 14.2 Å². The number of hydrogen-bond acceptors (Lipinski definition) is 11. The Bertz CT molecular complexity index is 687. The summed E-state index contributed by atoms with van der Waals surface area (Å²) < 4.78 is 47.6. The second-order valence-electron chi connectivity index (χ2n) is 10.3. The molecule has 0 aliphatic carbocycles. The molecule has 0 N–H and O–H groups in total. The van der Waals surface area contributed by atoms with Crippen LogP contribution in [0.15, 0.2) is 0 Å². The van der Waals surface area contributed by atoms with E-state index in [4.69, 9.17) is 32.7 Å². The van der Waals surface area contributed by atoms with E-state index in [1.165, 1.54) is 14.2 Å². The Morgan fingerprint density at radius 2 is 1.29 bits per heavy atom. The predicted octanol–water partition coefficient (Wildman–Crippen LogP) is 1.36. The van der Waals surface area contributed by atoms with Crippen molar-refractivity contribution >= 4 is 19.8 Å². The first kappa shape index (κ1) is 33.9. The standard InChI is InChI=1S/C22H44NO11P/c1-21(2,19(24)31-13-12-30-16-18(28-8)29-9)17-22(3,4)20(25)32-14-15-34-35(26,27)33-11-10-23(5,6)7/h18H,10-17H2,1-9H3. The van der Waals surface area contributed by atoms with Crippen LogP contribution < -0.4 is 4.89 Å². The maximum atomic E-state index is 12.5. The van der Waals surface area contributed by atoms with E-state index >= 15 is 0 Å². The first-order valence-corrected chi connectivity index (χ1v) is 12.8. The van der Waals surface area contributed by atoms with E-state index in [0.717, 1.165) is 0 Å². The van der Waals surface area contributed by atoms with Gasteiger partial charge in [-0.25, -0.2) is 0 Å². The fraction of sp³-hybridized carbons (Fsp3) is 0.909. The zero-order chi connectivity index (χ0) is 27.3. The summed E-state index contributed by atoms with van der Waals surface area (Å²) in [6.45, 7) is 6.82. The molecule has 0 bridgehead atoms. The fourth-order valence-corrected chi connectivity index (χ4v) is 3.67. The summed E-state index contributed by atoms with van der Waals surface area (Å²) in [4.78, 5) is 36.8. The topological polar surface area (TPSA) is 139 Å². The number of phosphoric ester groups is 1. The molecule has 0 aromatic carbocycles. The van der Waals surface area contributed by atoms with Gasteiger partial charge in [0.15, 0.2) is 6.29 Å². The zero-order valence-corrected chi connectivity index (χ0v) is 23.5.